The fraction of sp³-hybridized carbons (Fsp3) is 0.556. The molecule has 1 aliphatic heterocycles. The summed E-state index contributed by atoms with van der Waals surface area (Å²) >= 11 is 0. The third-order valence-electron chi connectivity index (χ3n) is 4.36. The predicted octanol–water partition coefficient (Wildman–Crippen LogP) is 2.85. The topological polar surface area (TPSA) is 46.6 Å². The van der Waals surface area contributed by atoms with E-state index >= 15 is 0 Å². The molecule has 1 fully saturated rings. The molecule has 2 rings (SSSR count). The third-order valence-corrected chi connectivity index (χ3v) is 4.36. The van der Waals surface area contributed by atoms with E-state index in [0.29, 0.717) is 25.3 Å². The monoisotopic (exact) mass is 303 g/mol. The van der Waals surface area contributed by atoms with Gasteiger partial charge in [0.1, 0.15) is 11.5 Å². The molecule has 4 heteroatoms. The van der Waals surface area contributed by atoms with Crippen LogP contribution >= 0.6 is 0 Å². The molecule has 0 aromatic heterocycles. The number of hydrogen-bond donors (Lipinski definition) is 0. The van der Waals surface area contributed by atoms with E-state index in [0.717, 1.165) is 30.6 Å². The molecule has 0 aliphatic carbocycles. The average molecular weight is 303 g/mol. The highest BCUT2D eigenvalue weighted by molar-refractivity contribution is 5.82. The molecule has 0 atom stereocenters. The van der Waals surface area contributed by atoms with Crippen LogP contribution in [0.1, 0.15) is 38.7 Å². The number of Topliss-reactive ketones (excluding diaryl/α,β-unsaturated/α-hetero) is 1. The molecule has 1 aliphatic rings. The van der Waals surface area contributed by atoms with Crippen LogP contribution in [0, 0.1) is 5.92 Å². The highest BCUT2D eigenvalue weighted by Gasteiger charge is 2.26. The second kappa shape index (κ2) is 7.97. The van der Waals surface area contributed by atoms with E-state index in [1.165, 1.54) is 0 Å². The molecule has 1 aromatic rings. The maximum absolute atomic E-state index is 12.2. The number of carbonyl (C=O) groups excluding carboxylic acids is 2. The first-order valence-corrected chi connectivity index (χ1v) is 8.16. The first kappa shape index (κ1) is 16.5. The number of rotatable bonds is 6. The smallest absolute Gasteiger partial charge is 0.260 e. The zero-order valence-electron chi connectivity index (χ0n) is 13.5. The molecular weight excluding hydrogens is 278 g/mol. The number of hydrogen-bond acceptors (Lipinski definition) is 3. The molecule has 120 valence electrons. The zero-order chi connectivity index (χ0) is 15.9. The minimum Gasteiger partial charge on any atom is -0.483 e. The van der Waals surface area contributed by atoms with Crippen molar-refractivity contribution < 1.29 is 14.3 Å². The Morgan fingerprint density at radius 3 is 2.50 bits per heavy atom. The SMILES string of the molecule is CCC(=O)C1CCN(C(=O)COc2ccccc2CC)CC1. The van der Waals surface area contributed by atoms with Crippen LogP contribution in [0.25, 0.3) is 0 Å². The van der Waals surface area contributed by atoms with E-state index in [-0.39, 0.29) is 18.4 Å². The van der Waals surface area contributed by atoms with E-state index in [2.05, 4.69) is 6.92 Å². The minimum atomic E-state index is 0.00769. The lowest BCUT2D eigenvalue weighted by Crippen LogP contribution is -2.42. The summed E-state index contributed by atoms with van der Waals surface area (Å²) < 4.78 is 5.68. The van der Waals surface area contributed by atoms with Gasteiger partial charge in [-0.15, -0.1) is 0 Å². The Kier molecular flexibility index (Phi) is 5.99. The Bertz CT molecular complexity index is 519. The molecule has 4 nitrogen and oxygen atoms in total. The summed E-state index contributed by atoms with van der Waals surface area (Å²) in [6, 6.07) is 7.81. The minimum absolute atomic E-state index is 0.00769. The van der Waals surface area contributed by atoms with Crippen molar-refractivity contribution >= 4 is 11.7 Å². The molecule has 0 N–H and O–H groups in total. The number of para-hydroxylation sites is 1. The summed E-state index contributed by atoms with van der Waals surface area (Å²) in [7, 11) is 0. The highest BCUT2D eigenvalue weighted by Crippen LogP contribution is 2.21. The van der Waals surface area contributed by atoms with E-state index in [4.69, 9.17) is 4.74 Å². The number of ether oxygens (including phenoxy) is 1. The van der Waals surface area contributed by atoms with Crippen LogP contribution in [-0.2, 0) is 16.0 Å². The number of amides is 1. The number of carbonyl (C=O) groups is 2. The molecule has 1 aromatic carbocycles. The lowest BCUT2D eigenvalue weighted by Gasteiger charge is -2.31. The van der Waals surface area contributed by atoms with Gasteiger partial charge in [-0.1, -0.05) is 32.0 Å². The van der Waals surface area contributed by atoms with Crippen molar-refractivity contribution in [2.45, 2.75) is 39.5 Å². The Morgan fingerprint density at radius 2 is 1.86 bits per heavy atom. The summed E-state index contributed by atoms with van der Waals surface area (Å²) in [6.45, 7) is 5.36. The molecule has 0 saturated carbocycles. The molecule has 0 bridgehead atoms. The maximum atomic E-state index is 12.2. The predicted molar refractivity (Wildman–Crippen MR) is 85.9 cm³/mol. The van der Waals surface area contributed by atoms with Crippen molar-refractivity contribution in [2.24, 2.45) is 5.92 Å². The summed E-state index contributed by atoms with van der Waals surface area (Å²) in [4.78, 5) is 25.7. The van der Waals surface area contributed by atoms with Crippen LogP contribution in [0.4, 0.5) is 0 Å². The normalized spacial score (nSPS) is 15.6. The molecule has 1 heterocycles. The van der Waals surface area contributed by atoms with Crippen LogP contribution in [0.3, 0.4) is 0 Å². The van der Waals surface area contributed by atoms with Gasteiger partial charge >= 0.3 is 0 Å². The van der Waals surface area contributed by atoms with Crippen LogP contribution < -0.4 is 4.74 Å². The van der Waals surface area contributed by atoms with Crippen molar-refractivity contribution in [1.82, 2.24) is 4.90 Å². The summed E-state index contributed by atoms with van der Waals surface area (Å²) in [5.41, 5.74) is 1.11. The number of piperidine rings is 1. The van der Waals surface area contributed by atoms with Gasteiger partial charge in [0, 0.05) is 25.4 Å². The molecule has 0 spiro atoms. The second-order valence-electron chi connectivity index (χ2n) is 5.72. The standard InChI is InChI=1S/C18H25NO3/c1-3-14-7-5-6-8-17(14)22-13-18(21)19-11-9-15(10-12-19)16(20)4-2/h5-8,15H,3-4,9-13H2,1-2H3. The van der Waals surface area contributed by atoms with Crippen LogP contribution in [0.15, 0.2) is 24.3 Å². The lowest BCUT2D eigenvalue weighted by atomic mass is 9.91. The summed E-state index contributed by atoms with van der Waals surface area (Å²) in [5, 5.41) is 0. The van der Waals surface area contributed by atoms with Crippen LogP contribution in [0.2, 0.25) is 0 Å². The number of benzene rings is 1. The van der Waals surface area contributed by atoms with Crippen molar-refractivity contribution in [3.63, 3.8) is 0 Å². The maximum Gasteiger partial charge on any atom is 0.260 e. The van der Waals surface area contributed by atoms with Gasteiger partial charge in [0.15, 0.2) is 6.61 Å². The number of likely N-dealkylation sites (tertiary alicyclic amines) is 1. The quantitative estimate of drug-likeness (QED) is 0.812. The summed E-state index contributed by atoms with van der Waals surface area (Å²) in [6.07, 6.45) is 3.04. The third kappa shape index (κ3) is 4.09. The molecule has 1 saturated heterocycles. The fourth-order valence-electron chi connectivity index (χ4n) is 2.91. The Hall–Kier alpha value is -1.84. The van der Waals surface area contributed by atoms with Crippen molar-refractivity contribution in [2.75, 3.05) is 19.7 Å². The van der Waals surface area contributed by atoms with E-state index in [1.807, 2.05) is 36.1 Å². The van der Waals surface area contributed by atoms with Gasteiger partial charge in [0.25, 0.3) is 5.91 Å². The molecule has 1 amide bonds. The number of aryl methyl sites for hydroxylation is 1. The van der Waals surface area contributed by atoms with Gasteiger partial charge in [-0.3, -0.25) is 9.59 Å². The van der Waals surface area contributed by atoms with Crippen LogP contribution in [-0.4, -0.2) is 36.3 Å². The van der Waals surface area contributed by atoms with Gasteiger partial charge < -0.3 is 9.64 Å². The van der Waals surface area contributed by atoms with E-state index in [9.17, 15) is 9.59 Å². The van der Waals surface area contributed by atoms with Crippen LogP contribution in [0.5, 0.6) is 5.75 Å². The van der Waals surface area contributed by atoms with E-state index < -0.39 is 0 Å². The molecule has 0 radical (unpaired) electrons. The van der Waals surface area contributed by atoms with Gasteiger partial charge in [-0.25, -0.2) is 0 Å². The van der Waals surface area contributed by atoms with Crippen molar-refractivity contribution in [1.29, 1.82) is 0 Å². The highest BCUT2D eigenvalue weighted by atomic mass is 16.5. The number of ketones is 1. The molecular formula is C18H25NO3. The first-order valence-electron chi connectivity index (χ1n) is 8.16. The first-order chi connectivity index (χ1) is 10.7. The molecule has 22 heavy (non-hydrogen) atoms. The molecule has 0 unspecified atom stereocenters. The van der Waals surface area contributed by atoms with Gasteiger partial charge in [0.2, 0.25) is 0 Å². The fourth-order valence-corrected chi connectivity index (χ4v) is 2.91. The van der Waals surface area contributed by atoms with Crippen molar-refractivity contribution in [3.05, 3.63) is 29.8 Å². The van der Waals surface area contributed by atoms with Crippen molar-refractivity contribution in [3.8, 4) is 5.75 Å². The largest absolute Gasteiger partial charge is 0.483 e. The Balaban J connectivity index is 1.82. The Morgan fingerprint density at radius 1 is 1.18 bits per heavy atom. The lowest BCUT2D eigenvalue weighted by molar-refractivity contribution is -0.136. The average Bonchev–Trinajstić information content (AvgIpc) is 2.59. The Labute approximate surface area is 132 Å². The number of nitrogens with zero attached hydrogens (tertiary/aromatic N) is 1. The van der Waals surface area contributed by atoms with E-state index in [1.54, 1.807) is 0 Å². The van der Waals surface area contributed by atoms with Gasteiger partial charge in [-0.2, -0.15) is 0 Å². The summed E-state index contributed by atoms with van der Waals surface area (Å²) in [5.74, 6) is 1.25. The zero-order valence-corrected chi connectivity index (χ0v) is 13.5. The van der Waals surface area contributed by atoms with Gasteiger partial charge in [-0.05, 0) is 30.9 Å². The van der Waals surface area contributed by atoms with Gasteiger partial charge in [0.05, 0.1) is 0 Å². The second-order valence-corrected chi connectivity index (χ2v) is 5.72.